The number of hydrogen-bond acceptors (Lipinski definition) is 2. The van der Waals surface area contributed by atoms with Gasteiger partial charge in [-0.2, -0.15) is 0 Å². The van der Waals surface area contributed by atoms with Crippen molar-refractivity contribution < 1.29 is 9.79 Å². The van der Waals surface area contributed by atoms with E-state index in [4.69, 9.17) is 0 Å². The third-order valence-electron chi connectivity index (χ3n) is 3.18. The average molecular weight is 250 g/mol. The zero-order chi connectivity index (χ0) is 13.1. The fourth-order valence-corrected chi connectivity index (χ4v) is 2.25. The molecular weight excluding hydrogens is 236 g/mol. The molecule has 1 aliphatic heterocycles. The Balaban J connectivity index is 1.96. The predicted octanol–water partition coefficient (Wildman–Crippen LogP) is 1.94. The molecule has 0 saturated carbocycles. The summed E-state index contributed by atoms with van der Waals surface area (Å²) in [5.41, 5.74) is 2.16. The maximum absolute atomic E-state index is 11.6. The number of benzene rings is 2. The smallest absolute Gasteiger partial charge is 0.213 e. The van der Waals surface area contributed by atoms with E-state index in [9.17, 15) is 5.11 Å². The van der Waals surface area contributed by atoms with Crippen LogP contribution in [-0.4, -0.2) is 16.8 Å². The van der Waals surface area contributed by atoms with Crippen LogP contribution in [0.1, 0.15) is 23.6 Å². The van der Waals surface area contributed by atoms with Gasteiger partial charge in [0.15, 0.2) is 0 Å². The molecule has 0 fully saturated rings. The van der Waals surface area contributed by atoms with E-state index < -0.39 is 0 Å². The summed E-state index contributed by atoms with van der Waals surface area (Å²) in [6.45, 7) is 0. The summed E-state index contributed by atoms with van der Waals surface area (Å²) in [6.07, 6.45) is 2.36. The van der Waals surface area contributed by atoms with Crippen molar-refractivity contribution in [2.24, 2.45) is 5.10 Å². The van der Waals surface area contributed by atoms with Crippen molar-refractivity contribution in [3.05, 3.63) is 71.8 Å². The Kier molecular flexibility index (Phi) is 3.11. The topological polar surface area (TPSA) is 38.4 Å². The van der Waals surface area contributed by atoms with Crippen molar-refractivity contribution >= 4 is 12.1 Å². The molecule has 0 bridgehead atoms. The van der Waals surface area contributed by atoms with Gasteiger partial charge in [-0.1, -0.05) is 53.2 Å². The van der Waals surface area contributed by atoms with Crippen LogP contribution in [0.5, 0.6) is 0 Å². The van der Waals surface area contributed by atoms with E-state index in [-0.39, 0.29) is 11.9 Å². The van der Waals surface area contributed by atoms with Crippen LogP contribution in [0.2, 0.25) is 0 Å². The van der Waals surface area contributed by atoms with Crippen molar-refractivity contribution in [1.29, 1.82) is 0 Å². The molecule has 0 spiro atoms. The highest BCUT2D eigenvalue weighted by Crippen LogP contribution is 2.25. The largest absolute Gasteiger partial charge is 0.857 e. The molecule has 0 amide bonds. The summed E-state index contributed by atoms with van der Waals surface area (Å²) in [7, 11) is 0. The van der Waals surface area contributed by atoms with Gasteiger partial charge in [-0.25, -0.2) is 0 Å². The molecule has 0 unspecified atom stereocenters. The van der Waals surface area contributed by atoms with Gasteiger partial charge in [0.1, 0.15) is 0 Å². The van der Waals surface area contributed by atoms with Crippen LogP contribution in [-0.2, 0) is 0 Å². The Bertz CT molecular complexity index is 618. The second kappa shape index (κ2) is 5.06. The van der Waals surface area contributed by atoms with E-state index in [1.807, 2.05) is 66.9 Å². The highest BCUT2D eigenvalue weighted by molar-refractivity contribution is 5.78. The van der Waals surface area contributed by atoms with Crippen molar-refractivity contribution in [3.63, 3.8) is 0 Å². The highest BCUT2D eigenvalue weighted by atomic mass is 16.3. The minimum atomic E-state index is -0.0685. The Hall–Kier alpha value is -2.42. The Morgan fingerprint density at radius 3 is 2.32 bits per heavy atom. The zero-order valence-electron chi connectivity index (χ0n) is 10.4. The van der Waals surface area contributed by atoms with Crippen LogP contribution in [0, 0.1) is 0 Å². The van der Waals surface area contributed by atoms with Gasteiger partial charge in [0.05, 0.1) is 6.42 Å². The fourth-order valence-electron chi connectivity index (χ4n) is 2.25. The van der Waals surface area contributed by atoms with Crippen LogP contribution in [0.4, 0.5) is 0 Å². The number of nitrogens with zero attached hydrogens (tertiary/aromatic N) is 2. The predicted molar refractivity (Wildman–Crippen MR) is 73.1 cm³/mol. The molecule has 3 rings (SSSR count). The van der Waals surface area contributed by atoms with Gasteiger partial charge >= 0.3 is 0 Å². The molecule has 2 aromatic rings. The maximum Gasteiger partial charge on any atom is 0.213 e. The molecule has 0 radical (unpaired) electrons. The molecule has 0 saturated heterocycles. The molecule has 1 heterocycles. The minimum absolute atomic E-state index is 0.00825. The first-order chi connectivity index (χ1) is 9.33. The fraction of sp³-hybridized carbons (Fsp3) is 0.125. The van der Waals surface area contributed by atoms with Gasteiger partial charge in [0.2, 0.25) is 12.3 Å². The van der Waals surface area contributed by atoms with Crippen molar-refractivity contribution in [2.75, 3.05) is 0 Å². The molecule has 1 aliphatic rings. The monoisotopic (exact) mass is 250 g/mol. The van der Waals surface area contributed by atoms with Gasteiger partial charge in [0, 0.05) is 17.0 Å². The molecule has 2 aromatic carbocycles. The third-order valence-corrected chi connectivity index (χ3v) is 3.18. The Labute approximate surface area is 112 Å². The second-order valence-corrected chi connectivity index (χ2v) is 4.54. The quantitative estimate of drug-likeness (QED) is 0.751. The summed E-state index contributed by atoms with van der Waals surface area (Å²) in [6, 6.07) is 19.9. The summed E-state index contributed by atoms with van der Waals surface area (Å²) in [4.78, 5) is 0. The van der Waals surface area contributed by atoms with Gasteiger partial charge in [0.25, 0.3) is 0 Å². The summed E-state index contributed by atoms with van der Waals surface area (Å²) < 4.78 is 1.77. The van der Waals surface area contributed by atoms with E-state index in [2.05, 4.69) is 5.10 Å². The molecule has 1 atom stereocenters. The number of hydrogen-bond donors (Lipinski definition) is 0. The lowest BCUT2D eigenvalue weighted by Gasteiger charge is -2.05. The Morgan fingerprint density at radius 1 is 1.00 bits per heavy atom. The van der Waals surface area contributed by atoms with Crippen molar-refractivity contribution in [3.8, 4) is 0 Å². The second-order valence-electron chi connectivity index (χ2n) is 4.54. The lowest BCUT2D eigenvalue weighted by molar-refractivity contribution is -0.563. The Morgan fingerprint density at radius 2 is 1.63 bits per heavy atom. The lowest BCUT2D eigenvalue weighted by Crippen LogP contribution is -2.15. The van der Waals surface area contributed by atoms with Gasteiger partial charge in [-0.15, -0.1) is 0 Å². The van der Waals surface area contributed by atoms with Gasteiger partial charge in [-0.3, -0.25) is 0 Å². The van der Waals surface area contributed by atoms with E-state index in [0.717, 1.165) is 11.1 Å². The lowest BCUT2D eigenvalue weighted by atomic mass is 10.0. The highest BCUT2D eigenvalue weighted by Gasteiger charge is 2.29. The SMILES string of the molecule is [O-]C1=N/[N+](=C\c2ccccc2)[C@H](c2ccccc2)C1. The number of rotatable bonds is 2. The van der Waals surface area contributed by atoms with E-state index >= 15 is 0 Å². The molecule has 3 heteroatoms. The average Bonchev–Trinajstić information content (AvgIpc) is 2.82. The van der Waals surface area contributed by atoms with Gasteiger partial charge < -0.3 is 5.11 Å². The summed E-state index contributed by atoms with van der Waals surface area (Å²) >= 11 is 0. The molecule has 3 nitrogen and oxygen atoms in total. The molecule has 19 heavy (non-hydrogen) atoms. The first kappa shape index (κ1) is 11.7. The molecule has 0 aromatic heterocycles. The zero-order valence-corrected chi connectivity index (χ0v) is 10.4. The van der Waals surface area contributed by atoms with Crippen LogP contribution >= 0.6 is 0 Å². The van der Waals surface area contributed by atoms with Crippen molar-refractivity contribution in [2.45, 2.75) is 12.5 Å². The third kappa shape index (κ3) is 2.55. The minimum Gasteiger partial charge on any atom is -0.857 e. The summed E-state index contributed by atoms with van der Waals surface area (Å²) in [5, 5.41) is 15.7. The van der Waals surface area contributed by atoms with Crippen LogP contribution in [0.15, 0.2) is 65.8 Å². The van der Waals surface area contributed by atoms with Crippen molar-refractivity contribution in [1.82, 2.24) is 0 Å². The molecule has 0 aliphatic carbocycles. The normalized spacial score (nSPS) is 20.5. The number of hydrazone groups is 1. The van der Waals surface area contributed by atoms with E-state index in [0.29, 0.717) is 6.42 Å². The van der Waals surface area contributed by atoms with Crippen LogP contribution < -0.4 is 5.11 Å². The summed E-state index contributed by atoms with van der Waals surface area (Å²) in [5.74, 6) is -0.0685. The van der Waals surface area contributed by atoms with Crippen LogP contribution in [0.25, 0.3) is 0 Å². The van der Waals surface area contributed by atoms with Crippen LogP contribution in [0.3, 0.4) is 0 Å². The molecular formula is C16H14N2O. The van der Waals surface area contributed by atoms with E-state index in [1.165, 1.54) is 0 Å². The maximum atomic E-state index is 11.6. The first-order valence-corrected chi connectivity index (χ1v) is 6.30. The molecule has 0 N–H and O–H groups in total. The van der Waals surface area contributed by atoms with Gasteiger partial charge in [-0.05, 0) is 17.2 Å². The first-order valence-electron chi connectivity index (χ1n) is 6.30. The standard InChI is InChI=1S/C16H14N2O/c19-16-11-15(14-9-5-2-6-10-14)18(17-16)12-13-7-3-1-4-8-13/h1-10,12,15H,11H2/b18-12-/t15-/m0/s1. The molecule has 94 valence electrons. The van der Waals surface area contributed by atoms with E-state index in [1.54, 1.807) is 4.68 Å².